The molecule has 0 unspecified atom stereocenters. The number of hydrogen-bond acceptors (Lipinski definition) is 8. The number of nitrogens with zero attached hydrogens (tertiary/aromatic N) is 3. The van der Waals surface area contributed by atoms with E-state index in [0.29, 0.717) is 22.2 Å². The Hall–Kier alpha value is -2.88. The van der Waals surface area contributed by atoms with Crippen LogP contribution in [-0.2, 0) is 11.2 Å². The van der Waals surface area contributed by atoms with Gasteiger partial charge < -0.3 is 14.8 Å². The zero-order valence-electron chi connectivity index (χ0n) is 17.5. The molecule has 0 atom stereocenters. The monoisotopic (exact) mass is 486 g/mol. The van der Waals surface area contributed by atoms with Gasteiger partial charge in [-0.2, -0.15) is 0 Å². The highest BCUT2D eigenvalue weighted by Crippen LogP contribution is 2.38. The molecule has 0 aliphatic rings. The van der Waals surface area contributed by atoms with Crippen molar-refractivity contribution in [3.63, 3.8) is 0 Å². The molecule has 0 aliphatic heterocycles. The standard InChI is InChI=1S/C22H19ClN4O3S2/c1-12-19(10-20(28)27-14-6-4-5-13(23)7-14)31-22(26-12)32-21-15-8-17(29-2)18(30-3)9-16(15)24-11-25-21/h4-9,11H,10H2,1-3H3,(H,27,28). The fourth-order valence-electron chi connectivity index (χ4n) is 3.05. The van der Waals surface area contributed by atoms with Crippen LogP contribution in [0.15, 0.2) is 52.1 Å². The number of aryl methyl sites for hydroxylation is 1. The van der Waals surface area contributed by atoms with Crippen molar-refractivity contribution >= 4 is 57.2 Å². The Labute approximate surface area is 198 Å². The van der Waals surface area contributed by atoms with E-state index in [1.54, 1.807) is 38.5 Å². The molecule has 0 spiro atoms. The molecule has 1 amide bonds. The first kappa shape index (κ1) is 22.3. The van der Waals surface area contributed by atoms with Crippen LogP contribution in [0.5, 0.6) is 11.5 Å². The lowest BCUT2D eigenvalue weighted by atomic mass is 10.2. The average Bonchev–Trinajstić information content (AvgIpc) is 3.11. The van der Waals surface area contributed by atoms with E-state index in [9.17, 15) is 4.79 Å². The van der Waals surface area contributed by atoms with Crippen molar-refractivity contribution in [3.8, 4) is 11.5 Å². The van der Waals surface area contributed by atoms with Gasteiger partial charge >= 0.3 is 0 Å². The van der Waals surface area contributed by atoms with Crippen LogP contribution in [0, 0.1) is 6.92 Å². The number of hydrogen-bond donors (Lipinski definition) is 1. The van der Waals surface area contributed by atoms with Gasteiger partial charge in [-0.1, -0.05) is 17.7 Å². The number of benzene rings is 2. The van der Waals surface area contributed by atoms with Crippen LogP contribution in [0.4, 0.5) is 5.69 Å². The third kappa shape index (κ3) is 4.95. The highest BCUT2D eigenvalue weighted by Gasteiger charge is 2.16. The van der Waals surface area contributed by atoms with Crippen molar-refractivity contribution in [2.75, 3.05) is 19.5 Å². The van der Waals surface area contributed by atoms with Gasteiger partial charge in [-0.25, -0.2) is 15.0 Å². The summed E-state index contributed by atoms with van der Waals surface area (Å²) in [6.45, 7) is 1.90. The summed E-state index contributed by atoms with van der Waals surface area (Å²) in [5.74, 6) is 1.08. The van der Waals surface area contributed by atoms with E-state index in [2.05, 4.69) is 20.3 Å². The Morgan fingerprint density at radius 2 is 1.94 bits per heavy atom. The fraction of sp³-hybridized carbons (Fsp3) is 0.182. The smallest absolute Gasteiger partial charge is 0.229 e. The number of carbonyl (C=O) groups excluding carboxylic acids is 1. The van der Waals surface area contributed by atoms with Crippen molar-refractivity contribution in [1.82, 2.24) is 15.0 Å². The van der Waals surface area contributed by atoms with Crippen molar-refractivity contribution < 1.29 is 14.3 Å². The van der Waals surface area contributed by atoms with Gasteiger partial charge in [-0.05, 0) is 43.0 Å². The van der Waals surface area contributed by atoms with Gasteiger partial charge in [0.1, 0.15) is 11.4 Å². The summed E-state index contributed by atoms with van der Waals surface area (Å²) in [5, 5.41) is 5.02. The van der Waals surface area contributed by atoms with Gasteiger partial charge in [-0.15, -0.1) is 11.3 Å². The first-order valence-corrected chi connectivity index (χ1v) is 11.5. The molecule has 0 aliphatic carbocycles. The molecule has 164 valence electrons. The number of amides is 1. The van der Waals surface area contributed by atoms with Crippen molar-refractivity contribution in [3.05, 3.63) is 58.3 Å². The first-order valence-electron chi connectivity index (χ1n) is 9.53. The van der Waals surface area contributed by atoms with Gasteiger partial charge in [0.2, 0.25) is 5.91 Å². The zero-order valence-corrected chi connectivity index (χ0v) is 19.9. The third-order valence-corrected chi connectivity index (χ3v) is 7.06. The SMILES string of the molecule is COc1cc2ncnc(Sc3nc(C)c(CC(=O)Nc4cccc(Cl)c4)s3)c2cc1OC. The second kappa shape index (κ2) is 9.72. The van der Waals surface area contributed by atoms with Gasteiger partial charge in [0.05, 0.1) is 31.9 Å². The van der Waals surface area contributed by atoms with E-state index in [1.807, 2.05) is 19.1 Å². The Balaban J connectivity index is 1.54. The van der Waals surface area contributed by atoms with Crippen molar-refractivity contribution in [1.29, 1.82) is 0 Å². The highest BCUT2D eigenvalue weighted by atomic mass is 35.5. The largest absolute Gasteiger partial charge is 0.493 e. The van der Waals surface area contributed by atoms with Gasteiger partial charge in [0.15, 0.2) is 15.8 Å². The number of carbonyl (C=O) groups is 1. The summed E-state index contributed by atoms with van der Waals surface area (Å²) in [4.78, 5) is 26.8. The van der Waals surface area contributed by atoms with Crippen LogP contribution in [-0.4, -0.2) is 35.1 Å². The summed E-state index contributed by atoms with van der Waals surface area (Å²) in [7, 11) is 3.17. The van der Waals surface area contributed by atoms with Gasteiger partial charge in [0.25, 0.3) is 0 Å². The van der Waals surface area contributed by atoms with Gasteiger partial charge in [0, 0.05) is 27.0 Å². The van der Waals surface area contributed by atoms with E-state index in [0.717, 1.165) is 30.8 Å². The predicted octanol–water partition coefficient (Wildman–Crippen LogP) is 5.40. The summed E-state index contributed by atoms with van der Waals surface area (Å²) in [5.41, 5.74) is 2.22. The molecule has 2 aromatic carbocycles. The maximum atomic E-state index is 12.5. The minimum atomic E-state index is -0.125. The Morgan fingerprint density at radius 1 is 1.16 bits per heavy atom. The number of rotatable bonds is 7. The molecule has 32 heavy (non-hydrogen) atoms. The summed E-state index contributed by atoms with van der Waals surface area (Å²) in [6.07, 6.45) is 1.74. The lowest BCUT2D eigenvalue weighted by Crippen LogP contribution is -2.14. The van der Waals surface area contributed by atoms with Crippen molar-refractivity contribution in [2.45, 2.75) is 22.7 Å². The second-order valence-electron chi connectivity index (χ2n) is 6.73. The molecular formula is C22H19ClN4O3S2. The maximum absolute atomic E-state index is 12.5. The van der Waals surface area contributed by atoms with E-state index in [1.165, 1.54) is 29.4 Å². The predicted molar refractivity (Wildman–Crippen MR) is 127 cm³/mol. The number of methoxy groups -OCH3 is 2. The zero-order chi connectivity index (χ0) is 22.7. The lowest BCUT2D eigenvalue weighted by Gasteiger charge is -2.10. The lowest BCUT2D eigenvalue weighted by molar-refractivity contribution is -0.115. The van der Waals surface area contributed by atoms with Crippen LogP contribution in [0.1, 0.15) is 10.6 Å². The quantitative estimate of drug-likeness (QED) is 0.350. The van der Waals surface area contributed by atoms with E-state index < -0.39 is 0 Å². The van der Waals surface area contributed by atoms with Crippen molar-refractivity contribution in [2.24, 2.45) is 0 Å². The van der Waals surface area contributed by atoms with Gasteiger partial charge in [-0.3, -0.25) is 4.79 Å². The summed E-state index contributed by atoms with van der Waals surface area (Å²) in [6, 6.07) is 10.7. The molecule has 0 saturated carbocycles. The minimum Gasteiger partial charge on any atom is -0.493 e. The highest BCUT2D eigenvalue weighted by molar-refractivity contribution is 8.01. The molecule has 7 nitrogen and oxygen atoms in total. The Kier molecular flexibility index (Phi) is 6.78. The minimum absolute atomic E-state index is 0.125. The average molecular weight is 487 g/mol. The third-order valence-electron chi connectivity index (χ3n) is 4.59. The molecule has 10 heteroatoms. The van der Waals surface area contributed by atoms with Crippen LogP contribution in [0.3, 0.4) is 0 Å². The summed E-state index contributed by atoms with van der Waals surface area (Å²) < 4.78 is 11.6. The normalized spacial score (nSPS) is 10.9. The number of ether oxygens (including phenoxy) is 2. The molecule has 0 fully saturated rings. The number of nitrogens with one attached hydrogen (secondary N) is 1. The number of fused-ring (bicyclic) bond motifs is 1. The number of anilines is 1. The van der Waals surface area contributed by atoms with E-state index >= 15 is 0 Å². The Morgan fingerprint density at radius 3 is 2.69 bits per heavy atom. The van der Waals surface area contributed by atoms with Crippen LogP contribution in [0.25, 0.3) is 10.9 Å². The first-order chi connectivity index (χ1) is 15.5. The molecule has 2 aromatic heterocycles. The molecule has 4 rings (SSSR count). The molecule has 2 heterocycles. The fourth-order valence-corrected chi connectivity index (χ4v) is 5.46. The van der Waals surface area contributed by atoms with Crippen LogP contribution in [0.2, 0.25) is 5.02 Å². The van der Waals surface area contributed by atoms with E-state index in [-0.39, 0.29) is 12.3 Å². The summed E-state index contributed by atoms with van der Waals surface area (Å²) >= 11 is 8.88. The molecular weight excluding hydrogens is 468 g/mol. The van der Waals surface area contributed by atoms with Crippen LogP contribution >= 0.6 is 34.7 Å². The molecule has 4 aromatic rings. The van der Waals surface area contributed by atoms with Crippen LogP contribution < -0.4 is 14.8 Å². The number of halogens is 1. The maximum Gasteiger partial charge on any atom is 0.229 e. The van der Waals surface area contributed by atoms with E-state index in [4.69, 9.17) is 21.1 Å². The number of thiazole rings is 1. The topological polar surface area (TPSA) is 86.2 Å². The number of aromatic nitrogens is 3. The second-order valence-corrected chi connectivity index (χ2v) is 9.48. The molecule has 0 radical (unpaired) electrons. The molecule has 1 N–H and O–H groups in total. The molecule has 0 bridgehead atoms. The molecule has 0 saturated heterocycles. The Bertz CT molecular complexity index is 1300.